The topological polar surface area (TPSA) is 127 Å². The highest BCUT2D eigenvalue weighted by Gasteiger charge is 2.48. The van der Waals surface area contributed by atoms with Crippen LogP contribution in [0.5, 0.6) is 22.7 Å². The molecule has 0 radical (unpaired) electrons. The summed E-state index contributed by atoms with van der Waals surface area (Å²) in [5, 5.41) is 4.02. The summed E-state index contributed by atoms with van der Waals surface area (Å²) in [7, 11) is -3.02. The zero-order chi connectivity index (χ0) is 25.4. The van der Waals surface area contributed by atoms with Gasteiger partial charge in [-0.2, -0.15) is 30.9 Å². The van der Waals surface area contributed by atoms with E-state index in [0.29, 0.717) is 5.69 Å². The number of rotatable bonds is 7. The van der Waals surface area contributed by atoms with Crippen LogP contribution in [0.1, 0.15) is 0 Å². The van der Waals surface area contributed by atoms with Gasteiger partial charge in [-0.05, 0) is 24.3 Å². The first-order valence-corrected chi connectivity index (χ1v) is 11.6. The lowest BCUT2D eigenvalue weighted by molar-refractivity contribution is -0.0500. The molecule has 0 N–H and O–H groups in total. The molecule has 0 atom stereocenters. The lowest BCUT2D eigenvalue weighted by Crippen LogP contribution is -2.28. The van der Waals surface area contributed by atoms with Gasteiger partial charge in [0.05, 0.1) is 12.8 Å². The minimum atomic E-state index is -5.83. The minimum Gasteiger partial charge on any atom is -0.467 e. The molecule has 16 heteroatoms. The normalized spacial score (nSPS) is 11.9. The van der Waals surface area contributed by atoms with Gasteiger partial charge in [-0.25, -0.2) is 14.0 Å². The molecule has 0 aliphatic rings. The first-order valence-electron chi connectivity index (χ1n) is 9.42. The fourth-order valence-electron chi connectivity index (χ4n) is 2.83. The van der Waals surface area contributed by atoms with Gasteiger partial charge in [-0.3, -0.25) is 0 Å². The Morgan fingerprint density at radius 2 is 1.83 bits per heavy atom. The summed E-state index contributed by atoms with van der Waals surface area (Å²) in [6, 6.07) is 11.4. The van der Waals surface area contributed by atoms with Crippen LogP contribution in [0.2, 0.25) is 0 Å². The van der Waals surface area contributed by atoms with Crippen LogP contribution in [0, 0.1) is 0 Å². The number of benzene rings is 2. The summed E-state index contributed by atoms with van der Waals surface area (Å²) in [5.74, 6) is -0.295. The molecular weight excluding hydrogens is 515 g/mol. The van der Waals surface area contributed by atoms with Gasteiger partial charge in [0.15, 0.2) is 11.6 Å². The fourth-order valence-corrected chi connectivity index (χ4v) is 3.85. The SMILES string of the molecule is COc1nn(C)c(=O)n1-c1ccccc1Oc1nc(-c2cccc(OS(=O)(=O)C(F)(F)F)c2)ns1. The van der Waals surface area contributed by atoms with Gasteiger partial charge in [0.1, 0.15) is 5.75 Å². The Morgan fingerprint density at radius 3 is 2.54 bits per heavy atom. The number of halogens is 3. The predicted molar refractivity (Wildman–Crippen MR) is 116 cm³/mol. The van der Waals surface area contributed by atoms with E-state index in [-0.39, 0.29) is 28.3 Å². The van der Waals surface area contributed by atoms with Crippen molar-refractivity contribution in [1.82, 2.24) is 23.7 Å². The number of alkyl halides is 3. The molecule has 184 valence electrons. The molecule has 0 spiro atoms. The average Bonchev–Trinajstić information content (AvgIpc) is 3.38. The maximum Gasteiger partial charge on any atom is 0.534 e. The third kappa shape index (κ3) is 4.83. The number of hydrogen-bond acceptors (Lipinski definition) is 10. The van der Waals surface area contributed by atoms with E-state index in [2.05, 4.69) is 18.6 Å². The van der Waals surface area contributed by atoms with Crippen LogP contribution in [0.3, 0.4) is 0 Å². The Kier molecular flexibility index (Phi) is 6.25. The summed E-state index contributed by atoms with van der Waals surface area (Å²) in [6.07, 6.45) is 0. The molecule has 0 aliphatic heterocycles. The van der Waals surface area contributed by atoms with Gasteiger partial charge in [-0.1, -0.05) is 24.3 Å². The number of para-hydroxylation sites is 2. The van der Waals surface area contributed by atoms with E-state index in [1.807, 2.05) is 0 Å². The second-order valence-electron chi connectivity index (χ2n) is 6.69. The lowest BCUT2D eigenvalue weighted by Gasteiger charge is -2.10. The molecule has 4 aromatic rings. The fraction of sp³-hybridized carbons (Fsp3) is 0.158. The summed E-state index contributed by atoms with van der Waals surface area (Å²) < 4.78 is 81.8. The van der Waals surface area contributed by atoms with Gasteiger partial charge in [0.25, 0.3) is 5.19 Å². The standard InChI is InChI=1S/C19H14F3N5O6S2/c1-26-18(28)27(16(24-26)31-2)13-8-3-4-9-14(13)32-17-23-15(25-34-17)11-6-5-7-12(10-11)33-35(29,30)19(20,21)22/h3-10H,1-2H3. The molecule has 2 heterocycles. The van der Waals surface area contributed by atoms with Crippen LogP contribution in [-0.2, 0) is 17.2 Å². The zero-order valence-electron chi connectivity index (χ0n) is 17.8. The Hall–Kier alpha value is -3.92. The van der Waals surface area contributed by atoms with Crippen LogP contribution in [0.4, 0.5) is 13.2 Å². The third-order valence-electron chi connectivity index (χ3n) is 4.37. The monoisotopic (exact) mass is 529 g/mol. The van der Waals surface area contributed by atoms with Crippen molar-refractivity contribution in [3.63, 3.8) is 0 Å². The van der Waals surface area contributed by atoms with Gasteiger partial charge in [0.2, 0.25) is 0 Å². The van der Waals surface area contributed by atoms with Gasteiger partial charge in [0, 0.05) is 24.1 Å². The highest BCUT2D eigenvalue weighted by molar-refractivity contribution is 7.88. The highest BCUT2D eigenvalue weighted by Crippen LogP contribution is 2.33. The quantitative estimate of drug-likeness (QED) is 0.262. The summed E-state index contributed by atoms with van der Waals surface area (Å²) in [6.45, 7) is 0. The number of ether oxygens (including phenoxy) is 2. The second-order valence-corrected chi connectivity index (χ2v) is 8.95. The number of aryl methyl sites for hydroxylation is 1. The third-order valence-corrected chi connectivity index (χ3v) is 5.94. The molecule has 0 saturated carbocycles. The van der Waals surface area contributed by atoms with Crippen molar-refractivity contribution in [1.29, 1.82) is 0 Å². The minimum absolute atomic E-state index is 0.0251. The summed E-state index contributed by atoms with van der Waals surface area (Å²) >= 11 is 0.824. The number of aromatic nitrogens is 5. The maximum absolute atomic E-state index is 12.6. The molecule has 2 aromatic heterocycles. The van der Waals surface area contributed by atoms with Gasteiger partial charge in [-0.15, -0.1) is 5.10 Å². The molecular formula is C19H14F3N5O6S2. The van der Waals surface area contributed by atoms with E-state index in [1.54, 1.807) is 24.3 Å². The van der Waals surface area contributed by atoms with Crippen molar-refractivity contribution in [2.45, 2.75) is 5.51 Å². The van der Waals surface area contributed by atoms with Crippen LogP contribution >= 0.6 is 11.5 Å². The molecule has 0 amide bonds. The molecule has 4 rings (SSSR count). The van der Waals surface area contributed by atoms with Crippen molar-refractivity contribution in [3.8, 4) is 39.8 Å². The van der Waals surface area contributed by atoms with Crippen LogP contribution in [0.25, 0.3) is 17.1 Å². The van der Waals surface area contributed by atoms with E-state index in [4.69, 9.17) is 9.47 Å². The van der Waals surface area contributed by atoms with E-state index < -0.39 is 27.1 Å². The molecule has 2 aromatic carbocycles. The van der Waals surface area contributed by atoms with E-state index >= 15 is 0 Å². The van der Waals surface area contributed by atoms with Gasteiger partial charge >= 0.3 is 27.3 Å². The summed E-state index contributed by atoms with van der Waals surface area (Å²) in [4.78, 5) is 16.7. The first kappa shape index (κ1) is 24.2. The Bertz CT molecular complexity index is 1540. The predicted octanol–water partition coefficient (Wildman–Crippen LogP) is 3.12. The maximum atomic E-state index is 12.6. The molecule has 35 heavy (non-hydrogen) atoms. The molecule has 0 saturated heterocycles. The smallest absolute Gasteiger partial charge is 0.467 e. The molecule has 0 aliphatic carbocycles. The van der Waals surface area contributed by atoms with Crippen LogP contribution in [-0.4, -0.2) is 44.7 Å². The lowest BCUT2D eigenvalue weighted by atomic mass is 10.2. The Balaban J connectivity index is 1.62. The Labute approximate surface area is 199 Å². The van der Waals surface area contributed by atoms with Crippen molar-refractivity contribution in [2.75, 3.05) is 7.11 Å². The van der Waals surface area contributed by atoms with Gasteiger partial charge < -0.3 is 13.7 Å². The van der Waals surface area contributed by atoms with E-state index in [0.717, 1.165) is 28.3 Å². The second kappa shape index (κ2) is 9.03. The van der Waals surface area contributed by atoms with Crippen molar-refractivity contribution in [2.24, 2.45) is 7.05 Å². The van der Waals surface area contributed by atoms with E-state index in [1.165, 1.54) is 30.9 Å². The average molecular weight is 529 g/mol. The Morgan fingerprint density at radius 1 is 1.09 bits per heavy atom. The molecule has 11 nitrogen and oxygen atoms in total. The molecule has 0 bridgehead atoms. The van der Waals surface area contributed by atoms with Crippen LogP contribution < -0.4 is 19.3 Å². The summed E-state index contributed by atoms with van der Waals surface area (Å²) in [5.41, 5.74) is -5.56. The number of methoxy groups -OCH3 is 1. The number of nitrogens with zero attached hydrogens (tertiary/aromatic N) is 5. The number of hydrogen-bond donors (Lipinski definition) is 0. The highest BCUT2D eigenvalue weighted by atomic mass is 32.2. The zero-order valence-corrected chi connectivity index (χ0v) is 19.4. The van der Waals surface area contributed by atoms with Crippen molar-refractivity contribution in [3.05, 3.63) is 59.0 Å². The first-order chi connectivity index (χ1) is 16.5. The molecule has 0 unspecified atom stereocenters. The van der Waals surface area contributed by atoms with E-state index in [9.17, 15) is 26.4 Å². The largest absolute Gasteiger partial charge is 0.534 e. The van der Waals surface area contributed by atoms with Crippen molar-refractivity contribution >= 4 is 21.7 Å². The van der Waals surface area contributed by atoms with Crippen molar-refractivity contribution < 1.29 is 35.2 Å². The molecule has 0 fully saturated rings. The van der Waals surface area contributed by atoms with Crippen LogP contribution in [0.15, 0.2) is 53.3 Å².